The molecule has 2 saturated carbocycles. The fourth-order valence-electron chi connectivity index (χ4n) is 6.39. The van der Waals surface area contributed by atoms with Gasteiger partial charge in [0.1, 0.15) is 5.82 Å². The van der Waals surface area contributed by atoms with Crippen LogP contribution >= 0.6 is 11.8 Å². The van der Waals surface area contributed by atoms with Gasteiger partial charge in [-0.2, -0.15) is 13.2 Å². The number of hydrogen-bond acceptors (Lipinski definition) is 5. The summed E-state index contributed by atoms with van der Waals surface area (Å²) in [7, 11) is 2.05. The number of nitrogens with one attached hydrogen (secondary N) is 1. The van der Waals surface area contributed by atoms with Crippen LogP contribution in [0.3, 0.4) is 0 Å². The molecule has 3 fully saturated rings. The van der Waals surface area contributed by atoms with Crippen LogP contribution in [0.15, 0.2) is 29.4 Å². The number of amides is 1. The predicted molar refractivity (Wildman–Crippen MR) is 137 cm³/mol. The number of carbonyl (C=O) groups excluding carboxylic acids is 1. The van der Waals surface area contributed by atoms with Crippen molar-refractivity contribution in [3.63, 3.8) is 0 Å². The van der Waals surface area contributed by atoms with Gasteiger partial charge in [-0.15, -0.1) is 10.2 Å². The zero-order chi connectivity index (χ0) is 26.2. The topological polar surface area (TPSA) is 63.1 Å². The third-order valence-corrected chi connectivity index (χ3v) is 9.62. The third kappa shape index (κ3) is 6.00. The van der Waals surface area contributed by atoms with Crippen molar-refractivity contribution < 1.29 is 18.0 Å². The predicted octanol–water partition coefficient (Wildman–Crippen LogP) is 5.36. The Balaban J connectivity index is 1.04. The number of aromatic nitrogens is 3. The van der Waals surface area contributed by atoms with Crippen molar-refractivity contribution >= 4 is 17.7 Å². The molecule has 37 heavy (non-hydrogen) atoms. The molecule has 202 valence electrons. The first-order valence-electron chi connectivity index (χ1n) is 13.3. The molecule has 1 aromatic carbocycles. The summed E-state index contributed by atoms with van der Waals surface area (Å²) in [5.41, 5.74) is 0.734. The van der Waals surface area contributed by atoms with Gasteiger partial charge in [-0.3, -0.25) is 4.79 Å². The van der Waals surface area contributed by atoms with Crippen LogP contribution in [-0.4, -0.2) is 57.0 Å². The van der Waals surface area contributed by atoms with Gasteiger partial charge < -0.3 is 14.8 Å². The average Bonchev–Trinajstić information content (AvgIpc) is 3.20. The fourth-order valence-corrected chi connectivity index (χ4v) is 7.23. The number of nitrogens with zero attached hydrogens (tertiary/aromatic N) is 4. The van der Waals surface area contributed by atoms with E-state index in [9.17, 15) is 18.0 Å². The van der Waals surface area contributed by atoms with Crippen LogP contribution in [0.5, 0.6) is 0 Å². The first kappa shape index (κ1) is 26.5. The van der Waals surface area contributed by atoms with Gasteiger partial charge in [0.25, 0.3) is 0 Å². The normalized spacial score (nSPS) is 28.1. The molecule has 2 aromatic rings. The van der Waals surface area contributed by atoms with Crippen LogP contribution in [0.25, 0.3) is 0 Å². The first-order valence-corrected chi connectivity index (χ1v) is 14.3. The van der Waals surface area contributed by atoms with E-state index in [0.717, 1.165) is 86.9 Å². The van der Waals surface area contributed by atoms with Crippen LogP contribution in [0.2, 0.25) is 0 Å². The minimum atomic E-state index is -4.28. The van der Waals surface area contributed by atoms with E-state index < -0.39 is 11.7 Å². The van der Waals surface area contributed by atoms with Gasteiger partial charge in [0, 0.05) is 38.2 Å². The Morgan fingerprint density at radius 3 is 2.57 bits per heavy atom. The largest absolute Gasteiger partial charge is 0.416 e. The molecule has 5 rings (SSSR count). The molecule has 1 amide bonds. The third-order valence-electron chi connectivity index (χ3n) is 8.51. The van der Waals surface area contributed by atoms with Crippen LogP contribution in [0.4, 0.5) is 13.2 Å². The second kappa shape index (κ2) is 10.6. The lowest BCUT2D eigenvalue weighted by Crippen LogP contribution is -2.36. The lowest BCUT2D eigenvalue weighted by molar-refractivity contribution is -0.137. The van der Waals surface area contributed by atoms with Crippen molar-refractivity contribution in [2.75, 3.05) is 25.4 Å². The zero-order valence-electron chi connectivity index (χ0n) is 21.6. The van der Waals surface area contributed by atoms with E-state index in [2.05, 4.69) is 32.0 Å². The summed E-state index contributed by atoms with van der Waals surface area (Å²) in [5.74, 6) is 2.86. The van der Waals surface area contributed by atoms with Gasteiger partial charge in [-0.25, -0.2) is 0 Å². The van der Waals surface area contributed by atoms with Crippen molar-refractivity contribution in [2.24, 2.45) is 12.5 Å². The number of alkyl halides is 3. The summed E-state index contributed by atoms with van der Waals surface area (Å²) in [6, 6.07) is 6.07. The maximum absolute atomic E-state index is 12.9. The summed E-state index contributed by atoms with van der Waals surface area (Å²) in [4.78, 5) is 13.8. The highest BCUT2D eigenvalue weighted by atomic mass is 32.2. The average molecular weight is 536 g/mol. The molecule has 6 nitrogen and oxygen atoms in total. The van der Waals surface area contributed by atoms with Gasteiger partial charge in [0.15, 0.2) is 5.16 Å². The van der Waals surface area contributed by atoms with Crippen molar-refractivity contribution in [2.45, 2.75) is 81.1 Å². The standard InChI is InChI=1S/C27H36F3N5OS/c1-18(36)31-22-10-6-20(7-11-22)24-32-33-25(34(24)2)37-15-3-13-35-14-12-26(17-35)16-23(26)19-4-8-21(9-5-19)27(28,29)30/h4-5,8-9,20,22-23H,3,6-7,10-17H2,1-2H3,(H,31,36)/t20?,22?,23-,26+/m0/s1. The van der Waals surface area contributed by atoms with Crippen LogP contribution in [0, 0.1) is 5.41 Å². The quantitative estimate of drug-likeness (QED) is 0.364. The second-order valence-corrected chi connectivity index (χ2v) is 12.2. The molecule has 3 aliphatic rings. The van der Waals surface area contributed by atoms with Crippen LogP contribution in [-0.2, 0) is 18.0 Å². The molecule has 1 saturated heterocycles. The highest BCUT2D eigenvalue weighted by Gasteiger charge is 2.57. The summed E-state index contributed by atoms with van der Waals surface area (Å²) in [5, 5.41) is 12.9. The number of carbonyl (C=O) groups is 1. The highest BCUT2D eigenvalue weighted by Crippen LogP contribution is 2.64. The smallest absolute Gasteiger partial charge is 0.354 e. The zero-order valence-corrected chi connectivity index (χ0v) is 22.4. The number of halogens is 3. The highest BCUT2D eigenvalue weighted by molar-refractivity contribution is 7.99. The van der Waals surface area contributed by atoms with Gasteiger partial charge in [0.2, 0.25) is 5.91 Å². The number of hydrogen-bond donors (Lipinski definition) is 1. The molecule has 0 bridgehead atoms. The van der Waals surface area contributed by atoms with E-state index in [1.807, 2.05) is 0 Å². The van der Waals surface area contributed by atoms with E-state index in [1.54, 1.807) is 30.8 Å². The molecule has 1 spiro atoms. The minimum Gasteiger partial charge on any atom is -0.354 e. The molecule has 2 atom stereocenters. The van der Waals surface area contributed by atoms with E-state index in [-0.39, 0.29) is 17.4 Å². The Hall–Kier alpha value is -2.07. The number of likely N-dealkylation sites (tertiary alicyclic amines) is 1. The van der Waals surface area contributed by atoms with E-state index in [4.69, 9.17) is 0 Å². The Bertz CT molecular complexity index is 1100. The Morgan fingerprint density at radius 2 is 1.89 bits per heavy atom. The molecule has 10 heteroatoms. The van der Waals surface area contributed by atoms with Crippen LogP contribution < -0.4 is 5.32 Å². The molecular weight excluding hydrogens is 499 g/mol. The number of rotatable bonds is 8. The monoisotopic (exact) mass is 535 g/mol. The SMILES string of the molecule is CC(=O)NC1CCC(c2nnc(SCCCN3CC[C@@]4(C[C@H]4c4ccc(C(F)(F)F)cc4)C3)n2C)CC1. The van der Waals surface area contributed by atoms with E-state index in [1.165, 1.54) is 12.1 Å². The summed E-state index contributed by atoms with van der Waals surface area (Å²) >= 11 is 1.75. The number of benzene rings is 1. The Kier molecular flexibility index (Phi) is 7.60. The minimum absolute atomic E-state index is 0.0426. The van der Waals surface area contributed by atoms with Crippen molar-refractivity contribution in [1.82, 2.24) is 25.0 Å². The van der Waals surface area contributed by atoms with E-state index in [0.29, 0.717) is 11.8 Å². The van der Waals surface area contributed by atoms with Gasteiger partial charge >= 0.3 is 6.18 Å². The maximum atomic E-state index is 12.9. The first-order chi connectivity index (χ1) is 17.6. The fraction of sp³-hybridized carbons (Fsp3) is 0.667. The summed E-state index contributed by atoms with van der Waals surface area (Å²) in [6.45, 7) is 4.72. The summed E-state index contributed by atoms with van der Waals surface area (Å²) < 4.78 is 40.7. The second-order valence-electron chi connectivity index (χ2n) is 11.1. The molecule has 2 heterocycles. The van der Waals surface area contributed by atoms with Gasteiger partial charge in [-0.1, -0.05) is 23.9 Å². The Labute approximate surface area is 220 Å². The maximum Gasteiger partial charge on any atom is 0.416 e. The van der Waals surface area contributed by atoms with Crippen molar-refractivity contribution in [3.05, 3.63) is 41.2 Å². The molecule has 1 aromatic heterocycles. The van der Waals surface area contributed by atoms with Gasteiger partial charge in [-0.05, 0) is 87.1 Å². The number of thioether (sulfide) groups is 1. The lowest BCUT2D eigenvalue weighted by Gasteiger charge is -2.28. The van der Waals surface area contributed by atoms with Crippen molar-refractivity contribution in [3.8, 4) is 0 Å². The van der Waals surface area contributed by atoms with Crippen molar-refractivity contribution in [1.29, 1.82) is 0 Å². The molecular formula is C27H36F3N5OS. The molecule has 1 N–H and O–H groups in total. The van der Waals surface area contributed by atoms with Gasteiger partial charge in [0.05, 0.1) is 5.56 Å². The molecule has 0 radical (unpaired) electrons. The van der Waals surface area contributed by atoms with Crippen LogP contribution in [0.1, 0.15) is 80.7 Å². The molecule has 2 aliphatic carbocycles. The lowest BCUT2D eigenvalue weighted by atomic mass is 9.85. The molecule has 1 aliphatic heterocycles. The molecule has 0 unspecified atom stereocenters. The Morgan fingerprint density at radius 1 is 1.16 bits per heavy atom. The summed E-state index contributed by atoms with van der Waals surface area (Å²) in [6.07, 6.45) is 3.00. The van der Waals surface area contributed by atoms with E-state index >= 15 is 0 Å².